The summed E-state index contributed by atoms with van der Waals surface area (Å²) in [5.74, 6) is -1.09. The van der Waals surface area contributed by atoms with Crippen molar-refractivity contribution in [2.24, 2.45) is 5.92 Å². The molecule has 0 fully saturated rings. The lowest BCUT2D eigenvalue weighted by Crippen LogP contribution is -2.18. The summed E-state index contributed by atoms with van der Waals surface area (Å²) in [5.41, 5.74) is 2.41. The normalized spacial score (nSPS) is 26.0. The Labute approximate surface area is 77.3 Å². The molecule has 1 atom stereocenters. The first-order valence-electron chi connectivity index (χ1n) is 4.54. The minimum absolute atomic E-state index is 0.367. The zero-order valence-electron chi connectivity index (χ0n) is 7.36. The number of carboxylic acids is 1. The number of rotatable bonds is 1. The molecule has 0 radical (unpaired) electrons. The first-order chi connectivity index (χ1) is 6.29. The van der Waals surface area contributed by atoms with Gasteiger partial charge in [0.15, 0.2) is 0 Å². The van der Waals surface area contributed by atoms with Gasteiger partial charge in [0.1, 0.15) is 0 Å². The minimum atomic E-state index is -0.723. The van der Waals surface area contributed by atoms with Crippen molar-refractivity contribution in [2.45, 2.75) is 19.3 Å². The van der Waals surface area contributed by atoms with Crippen molar-refractivity contribution in [3.8, 4) is 0 Å². The molecule has 0 aromatic heterocycles. The third kappa shape index (κ3) is 1.44. The lowest BCUT2D eigenvalue weighted by Gasteiger charge is -2.23. The highest BCUT2D eigenvalue weighted by molar-refractivity contribution is 5.77. The molecule has 0 spiro atoms. The van der Waals surface area contributed by atoms with Gasteiger partial charge < -0.3 is 5.11 Å². The molecule has 2 rings (SSSR count). The average molecular weight is 176 g/mol. The van der Waals surface area contributed by atoms with E-state index in [-0.39, 0.29) is 5.92 Å². The highest BCUT2D eigenvalue weighted by Crippen LogP contribution is 2.32. The molecule has 0 saturated carbocycles. The topological polar surface area (TPSA) is 37.3 Å². The van der Waals surface area contributed by atoms with Crippen LogP contribution >= 0.6 is 0 Å². The van der Waals surface area contributed by atoms with Crippen LogP contribution in [0.1, 0.15) is 19.3 Å². The van der Waals surface area contributed by atoms with Gasteiger partial charge >= 0.3 is 5.97 Å². The molecular formula is C11H12O2. The fourth-order valence-electron chi connectivity index (χ4n) is 1.97. The van der Waals surface area contributed by atoms with Gasteiger partial charge in [0.25, 0.3) is 0 Å². The van der Waals surface area contributed by atoms with Crippen LogP contribution in [0.5, 0.6) is 0 Å². The van der Waals surface area contributed by atoms with E-state index in [0.29, 0.717) is 0 Å². The van der Waals surface area contributed by atoms with Gasteiger partial charge in [0.05, 0.1) is 5.92 Å². The predicted molar refractivity (Wildman–Crippen MR) is 50.3 cm³/mol. The van der Waals surface area contributed by atoms with Crippen molar-refractivity contribution >= 4 is 5.97 Å². The highest BCUT2D eigenvalue weighted by Gasteiger charge is 2.24. The van der Waals surface area contributed by atoms with Crippen LogP contribution in [0, 0.1) is 5.92 Å². The second-order valence-corrected chi connectivity index (χ2v) is 3.46. The molecule has 0 amide bonds. The summed E-state index contributed by atoms with van der Waals surface area (Å²) in [6, 6.07) is 0. The van der Waals surface area contributed by atoms with Gasteiger partial charge in [0.2, 0.25) is 0 Å². The molecule has 0 aromatic carbocycles. The minimum Gasteiger partial charge on any atom is -0.481 e. The first kappa shape index (κ1) is 8.30. The largest absolute Gasteiger partial charge is 0.481 e. The Hall–Kier alpha value is -1.31. The Morgan fingerprint density at radius 2 is 1.92 bits per heavy atom. The van der Waals surface area contributed by atoms with E-state index in [1.807, 2.05) is 6.08 Å². The van der Waals surface area contributed by atoms with E-state index >= 15 is 0 Å². The quantitative estimate of drug-likeness (QED) is 0.622. The molecule has 68 valence electrons. The Morgan fingerprint density at radius 1 is 1.23 bits per heavy atom. The van der Waals surface area contributed by atoms with E-state index in [9.17, 15) is 4.79 Å². The van der Waals surface area contributed by atoms with E-state index in [2.05, 4.69) is 12.2 Å². The fraction of sp³-hybridized carbons (Fsp3) is 0.364. The number of allylic oxidation sites excluding steroid dienone is 4. The van der Waals surface area contributed by atoms with Crippen molar-refractivity contribution < 1.29 is 9.90 Å². The lowest BCUT2D eigenvalue weighted by atomic mass is 9.82. The summed E-state index contributed by atoms with van der Waals surface area (Å²) in [6.45, 7) is 0. The van der Waals surface area contributed by atoms with Gasteiger partial charge in [-0.05, 0) is 24.8 Å². The van der Waals surface area contributed by atoms with Crippen LogP contribution in [0.3, 0.4) is 0 Å². The van der Waals surface area contributed by atoms with Gasteiger partial charge in [0, 0.05) is 0 Å². The van der Waals surface area contributed by atoms with E-state index in [1.54, 1.807) is 6.08 Å². The Balaban J connectivity index is 2.29. The van der Waals surface area contributed by atoms with Crippen molar-refractivity contribution in [3.05, 3.63) is 35.5 Å². The molecule has 0 aromatic rings. The lowest BCUT2D eigenvalue weighted by molar-refractivity contribution is -0.139. The van der Waals surface area contributed by atoms with Gasteiger partial charge in [-0.1, -0.05) is 29.9 Å². The van der Waals surface area contributed by atoms with Gasteiger partial charge in [-0.3, -0.25) is 4.79 Å². The Bertz CT molecular complexity index is 317. The summed E-state index contributed by atoms with van der Waals surface area (Å²) in [5, 5.41) is 8.97. The van der Waals surface area contributed by atoms with Crippen molar-refractivity contribution in [2.75, 3.05) is 0 Å². The summed E-state index contributed by atoms with van der Waals surface area (Å²) >= 11 is 0. The summed E-state index contributed by atoms with van der Waals surface area (Å²) in [6.07, 6.45) is 10.6. The van der Waals surface area contributed by atoms with E-state index < -0.39 is 5.97 Å². The van der Waals surface area contributed by atoms with Crippen molar-refractivity contribution in [3.63, 3.8) is 0 Å². The molecule has 1 unspecified atom stereocenters. The third-order valence-electron chi connectivity index (χ3n) is 2.66. The number of hydrogen-bond acceptors (Lipinski definition) is 1. The standard InChI is InChI=1S/C11H12O2/c12-11(13)10-7-3-5-8-4-1-2-6-9(8)10/h1-3,7,10H,4-6H2,(H,12,13). The van der Waals surface area contributed by atoms with E-state index in [0.717, 1.165) is 24.8 Å². The van der Waals surface area contributed by atoms with Crippen molar-refractivity contribution in [1.29, 1.82) is 0 Å². The second kappa shape index (κ2) is 3.21. The molecule has 0 aliphatic heterocycles. The molecule has 0 saturated heterocycles. The smallest absolute Gasteiger partial charge is 0.314 e. The third-order valence-corrected chi connectivity index (χ3v) is 2.66. The number of aliphatic carboxylic acids is 1. The summed E-state index contributed by atoms with van der Waals surface area (Å²) < 4.78 is 0. The molecule has 2 aliphatic rings. The average Bonchev–Trinajstić information content (AvgIpc) is 2.17. The van der Waals surface area contributed by atoms with E-state index in [4.69, 9.17) is 5.11 Å². The molecule has 2 aliphatic carbocycles. The van der Waals surface area contributed by atoms with E-state index in [1.165, 1.54) is 5.57 Å². The molecule has 2 heteroatoms. The zero-order chi connectivity index (χ0) is 9.26. The maximum atomic E-state index is 10.9. The Kier molecular flexibility index (Phi) is 2.05. The van der Waals surface area contributed by atoms with Crippen LogP contribution in [0.15, 0.2) is 35.5 Å². The summed E-state index contributed by atoms with van der Waals surface area (Å²) in [7, 11) is 0. The monoisotopic (exact) mass is 176 g/mol. The first-order valence-corrected chi connectivity index (χ1v) is 4.54. The van der Waals surface area contributed by atoms with Crippen LogP contribution in [0.25, 0.3) is 0 Å². The molecule has 13 heavy (non-hydrogen) atoms. The Morgan fingerprint density at radius 3 is 2.69 bits per heavy atom. The molecule has 1 N–H and O–H groups in total. The number of carbonyl (C=O) groups is 1. The van der Waals surface area contributed by atoms with Crippen LogP contribution < -0.4 is 0 Å². The van der Waals surface area contributed by atoms with Crippen LogP contribution in [0.4, 0.5) is 0 Å². The molecule has 0 heterocycles. The highest BCUT2D eigenvalue weighted by atomic mass is 16.4. The maximum Gasteiger partial charge on any atom is 0.314 e. The fourth-order valence-corrected chi connectivity index (χ4v) is 1.97. The predicted octanol–water partition coefficient (Wildman–Crippen LogP) is 2.29. The zero-order valence-corrected chi connectivity index (χ0v) is 7.36. The van der Waals surface area contributed by atoms with Crippen LogP contribution in [-0.2, 0) is 4.79 Å². The van der Waals surface area contributed by atoms with Crippen LogP contribution in [0.2, 0.25) is 0 Å². The van der Waals surface area contributed by atoms with Gasteiger partial charge in [-0.25, -0.2) is 0 Å². The maximum absolute atomic E-state index is 10.9. The van der Waals surface area contributed by atoms with Crippen molar-refractivity contribution in [1.82, 2.24) is 0 Å². The van der Waals surface area contributed by atoms with Gasteiger partial charge in [-0.15, -0.1) is 0 Å². The summed E-state index contributed by atoms with van der Waals surface area (Å²) in [4.78, 5) is 10.9. The second-order valence-electron chi connectivity index (χ2n) is 3.46. The SMILES string of the molecule is O=C(O)C1C=CCC2=C1CC=CC2. The molecular weight excluding hydrogens is 164 g/mol. The van der Waals surface area contributed by atoms with Crippen LogP contribution in [-0.4, -0.2) is 11.1 Å². The molecule has 2 nitrogen and oxygen atoms in total. The number of hydrogen-bond donors (Lipinski definition) is 1. The molecule has 0 bridgehead atoms. The number of carboxylic acid groups (broad SMARTS) is 1. The van der Waals surface area contributed by atoms with Gasteiger partial charge in [-0.2, -0.15) is 0 Å².